The molecule has 0 aromatic heterocycles. The number of hydrogen-bond acceptors (Lipinski definition) is 3. The van der Waals surface area contributed by atoms with Crippen LogP contribution in [0.1, 0.15) is 23.6 Å². The van der Waals surface area contributed by atoms with E-state index < -0.39 is 0 Å². The zero-order valence-corrected chi connectivity index (χ0v) is 6.62. The molecule has 3 heteroatoms. The lowest BCUT2D eigenvalue weighted by atomic mass is 10.1. The zero-order chi connectivity index (χ0) is 8.72. The first kappa shape index (κ1) is 7.43. The molecule has 0 bridgehead atoms. The minimum atomic E-state index is -0.0689. The molecule has 1 aromatic carbocycles. The quantitative estimate of drug-likeness (QED) is 0.538. The van der Waals surface area contributed by atoms with E-state index in [0.717, 1.165) is 24.0 Å². The lowest BCUT2D eigenvalue weighted by Crippen LogP contribution is -2.05. The fraction of sp³-hybridized carbons (Fsp3) is 0.333. The van der Waals surface area contributed by atoms with Crippen molar-refractivity contribution in [3.8, 4) is 11.5 Å². The van der Waals surface area contributed by atoms with E-state index in [9.17, 15) is 5.11 Å². The number of rotatable bonds is 0. The minimum absolute atomic E-state index is 0.0689. The lowest BCUT2D eigenvalue weighted by molar-refractivity contribution is 0.443. The highest BCUT2D eigenvalue weighted by atomic mass is 16.3. The molecule has 0 unspecified atom stereocenters. The molecule has 4 N–H and O–H groups in total. The van der Waals surface area contributed by atoms with E-state index in [2.05, 4.69) is 0 Å². The first-order valence-electron chi connectivity index (χ1n) is 3.99. The number of aryl methyl sites for hydroxylation is 1. The van der Waals surface area contributed by atoms with Gasteiger partial charge in [0.25, 0.3) is 0 Å². The Bertz CT molecular complexity index is 323. The lowest BCUT2D eigenvalue weighted by Gasteiger charge is -2.07. The Kier molecular flexibility index (Phi) is 1.48. The maximum atomic E-state index is 9.44. The molecule has 0 radical (unpaired) electrons. The molecule has 1 atom stereocenters. The molecule has 0 spiro atoms. The number of benzene rings is 1. The van der Waals surface area contributed by atoms with Crippen molar-refractivity contribution in [2.24, 2.45) is 5.73 Å². The molecule has 0 fully saturated rings. The van der Waals surface area contributed by atoms with Gasteiger partial charge in [0.1, 0.15) is 11.5 Å². The molecule has 0 saturated carbocycles. The summed E-state index contributed by atoms with van der Waals surface area (Å²) in [4.78, 5) is 0. The van der Waals surface area contributed by atoms with Crippen LogP contribution in [0.2, 0.25) is 0 Å². The predicted octanol–water partition coefficient (Wildman–Crippen LogP) is 1.04. The fourth-order valence-electron chi connectivity index (χ4n) is 1.77. The number of fused-ring (bicyclic) bond motifs is 1. The number of phenols is 2. The molecule has 2 rings (SSSR count). The van der Waals surface area contributed by atoms with Crippen molar-refractivity contribution in [1.82, 2.24) is 0 Å². The highest BCUT2D eigenvalue weighted by molar-refractivity contribution is 5.49. The van der Waals surface area contributed by atoms with Crippen LogP contribution in [0.25, 0.3) is 0 Å². The molecule has 1 aliphatic carbocycles. The van der Waals surface area contributed by atoms with Crippen LogP contribution in [0.5, 0.6) is 11.5 Å². The fourth-order valence-corrected chi connectivity index (χ4v) is 1.77. The topological polar surface area (TPSA) is 66.5 Å². The van der Waals surface area contributed by atoms with Crippen LogP contribution in [0, 0.1) is 0 Å². The highest BCUT2D eigenvalue weighted by Crippen LogP contribution is 2.38. The van der Waals surface area contributed by atoms with Crippen LogP contribution in [0.15, 0.2) is 12.1 Å². The Morgan fingerprint density at radius 2 is 2.08 bits per heavy atom. The Labute approximate surface area is 70.4 Å². The van der Waals surface area contributed by atoms with Crippen molar-refractivity contribution in [2.45, 2.75) is 18.9 Å². The van der Waals surface area contributed by atoms with Crippen LogP contribution < -0.4 is 5.73 Å². The van der Waals surface area contributed by atoms with Gasteiger partial charge >= 0.3 is 0 Å². The van der Waals surface area contributed by atoms with Gasteiger partial charge in [0, 0.05) is 17.7 Å². The first-order chi connectivity index (χ1) is 5.68. The highest BCUT2D eigenvalue weighted by Gasteiger charge is 2.22. The van der Waals surface area contributed by atoms with Crippen LogP contribution in [-0.4, -0.2) is 10.2 Å². The van der Waals surface area contributed by atoms with Crippen LogP contribution in [0.4, 0.5) is 0 Å². The number of phenolic OH excluding ortho intramolecular Hbond substituents is 2. The molecule has 64 valence electrons. The molecule has 0 aliphatic heterocycles. The standard InChI is InChI=1S/C9H11NO2/c10-7-2-1-5-3-6(11)4-8(12)9(5)7/h3-4,7,11-12H,1-2,10H2/t7-/m1/s1. The van der Waals surface area contributed by atoms with Crippen molar-refractivity contribution in [3.05, 3.63) is 23.3 Å². The second kappa shape index (κ2) is 2.38. The average Bonchev–Trinajstić information content (AvgIpc) is 2.31. The third kappa shape index (κ3) is 0.940. The van der Waals surface area contributed by atoms with Crippen LogP contribution in [-0.2, 0) is 6.42 Å². The summed E-state index contributed by atoms with van der Waals surface area (Å²) in [7, 11) is 0. The minimum Gasteiger partial charge on any atom is -0.508 e. The summed E-state index contributed by atoms with van der Waals surface area (Å²) in [6.45, 7) is 0. The van der Waals surface area contributed by atoms with Gasteiger partial charge in [-0.2, -0.15) is 0 Å². The molecule has 0 saturated heterocycles. The van der Waals surface area contributed by atoms with E-state index in [1.54, 1.807) is 6.07 Å². The Balaban J connectivity index is 2.60. The van der Waals surface area contributed by atoms with Gasteiger partial charge in [0.2, 0.25) is 0 Å². The van der Waals surface area contributed by atoms with Gasteiger partial charge in [0.05, 0.1) is 0 Å². The van der Waals surface area contributed by atoms with Gasteiger partial charge in [-0.25, -0.2) is 0 Å². The normalized spacial score (nSPS) is 20.9. The SMILES string of the molecule is N[C@@H]1CCc2cc(O)cc(O)c21. The third-order valence-electron chi connectivity index (χ3n) is 2.32. The van der Waals surface area contributed by atoms with Gasteiger partial charge in [-0.15, -0.1) is 0 Å². The van der Waals surface area contributed by atoms with E-state index in [1.807, 2.05) is 0 Å². The number of nitrogens with two attached hydrogens (primary N) is 1. The van der Waals surface area contributed by atoms with Crippen molar-refractivity contribution < 1.29 is 10.2 Å². The maximum Gasteiger partial charge on any atom is 0.124 e. The molecular formula is C9H11NO2. The largest absolute Gasteiger partial charge is 0.508 e. The second-order valence-electron chi connectivity index (χ2n) is 3.18. The first-order valence-corrected chi connectivity index (χ1v) is 3.99. The Hall–Kier alpha value is -1.22. The molecule has 12 heavy (non-hydrogen) atoms. The van der Waals surface area contributed by atoms with Crippen LogP contribution >= 0.6 is 0 Å². The summed E-state index contributed by atoms with van der Waals surface area (Å²) in [5, 5.41) is 18.6. The smallest absolute Gasteiger partial charge is 0.124 e. The summed E-state index contributed by atoms with van der Waals surface area (Å²) in [5.41, 5.74) is 7.53. The summed E-state index contributed by atoms with van der Waals surface area (Å²) in [6.07, 6.45) is 1.70. The summed E-state index contributed by atoms with van der Waals surface area (Å²) >= 11 is 0. The van der Waals surface area contributed by atoms with Crippen LogP contribution in [0.3, 0.4) is 0 Å². The average molecular weight is 165 g/mol. The van der Waals surface area contributed by atoms with Crippen molar-refractivity contribution in [2.75, 3.05) is 0 Å². The van der Waals surface area contributed by atoms with E-state index in [0.29, 0.717) is 0 Å². The van der Waals surface area contributed by atoms with Gasteiger partial charge in [-0.05, 0) is 24.5 Å². The number of hydrogen-bond donors (Lipinski definition) is 3. The third-order valence-corrected chi connectivity index (χ3v) is 2.32. The van der Waals surface area contributed by atoms with E-state index in [4.69, 9.17) is 10.8 Å². The monoisotopic (exact) mass is 165 g/mol. The zero-order valence-electron chi connectivity index (χ0n) is 6.62. The predicted molar refractivity (Wildman–Crippen MR) is 45.0 cm³/mol. The van der Waals surface area contributed by atoms with Gasteiger partial charge in [-0.1, -0.05) is 0 Å². The van der Waals surface area contributed by atoms with Gasteiger partial charge < -0.3 is 15.9 Å². The van der Waals surface area contributed by atoms with E-state index in [1.165, 1.54) is 6.07 Å². The summed E-state index contributed by atoms with van der Waals surface area (Å²) in [5.74, 6) is 0.232. The molecule has 3 nitrogen and oxygen atoms in total. The van der Waals surface area contributed by atoms with Crippen molar-refractivity contribution in [3.63, 3.8) is 0 Å². The Morgan fingerprint density at radius 1 is 1.33 bits per heavy atom. The summed E-state index contributed by atoms with van der Waals surface area (Å²) < 4.78 is 0. The molecule has 0 amide bonds. The second-order valence-corrected chi connectivity index (χ2v) is 3.18. The van der Waals surface area contributed by atoms with E-state index >= 15 is 0 Å². The molecule has 1 aliphatic rings. The number of aromatic hydroxyl groups is 2. The molecule has 0 heterocycles. The van der Waals surface area contributed by atoms with E-state index in [-0.39, 0.29) is 17.5 Å². The van der Waals surface area contributed by atoms with Crippen molar-refractivity contribution >= 4 is 0 Å². The Morgan fingerprint density at radius 3 is 2.83 bits per heavy atom. The van der Waals surface area contributed by atoms with Gasteiger partial charge in [0.15, 0.2) is 0 Å². The van der Waals surface area contributed by atoms with Gasteiger partial charge in [-0.3, -0.25) is 0 Å². The molecular weight excluding hydrogens is 154 g/mol. The maximum absolute atomic E-state index is 9.44. The molecule has 1 aromatic rings. The van der Waals surface area contributed by atoms with Crippen molar-refractivity contribution in [1.29, 1.82) is 0 Å². The summed E-state index contributed by atoms with van der Waals surface area (Å²) in [6, 6.07) is 2.94.